The van der Waals surface area contributed by atoms with E-state index in [0.717, 1.165) is 17.5 Å². The summed E-state index contributed by atoms with van der Waals surface area (Å²) in [6.07, 6.45) is -0.766. The molecule has 2 N–H and O–H groups in total. The Bertz CT molecular complexity index is 1220. The van der Waals surface area contributed by atoms with Crippen LogP contribution in [0.4, 0.5) is 9.59 Å². The van der Waals surface area contributed by atoms with Gasteiger partial charge in [0.2, 0.25) is 0 Å². The van der Waals surface area contributed by atoms with Gasteiger partial charge in [0.1, 0.15) is 11.6 Å². The summed E-state index contributed by atoms with van der Waals surface area (Å²) < 4.78 is 12.2. The van der Waals surface area contributed by atoms with E-state index in [-0.39, 0.29) is 12.5 Å². The fourth-order valence-corrected chi connectivity index (χ4v) is 4.84. The van der Waals surface area contributed by atoms with Crippen molar-refractivity contribution in [2.45, 2.75) is 58.3 Å². The van der Waals surface area contributed by atoms with Crippen molar-refractivity contribution in [3.8, 4) is 0 Å². The Morgan fingerprint density at radius 1 is 1.00 bits per heavy atom. The molecule has 0 radical (unpaired) electrons. The summed E-state index contributed by atoms with van der Waals surface area (Å²) in [4.78, 5) is 52.8. The Hall–Kier alpha value is -3.15. The molecule has 1 aliphatic rings. The van der Waals surface area contributed by atoms with Gasteiger partial charge in [-0.25, -0.2) is 14.4 Å². The van der Waals surface area contributed by atoms with Crippen molar-refractivity contribution < 1.29 is 28.7 Å². The number of hydrogen-bond donors (Lipinski definition) is 2. The maximum atomic E-state index is 13.4. The number of nitrogens with one attached hydrogen (secondary N) is 2. The van der Waals surface area contributed by atoms with Crippen LogP contribution in [0.3, 0.4) is 0 Å². The number of nitrogens with zero attached hydrogens (tertiary/aromatic N) is 2. The van der Waals surface area contributed by atoms with Crippen LogP contribution in [0.15, 0.2) is 48.5 Å². The summed E-state index contributed by atoms with van der Waals surface area (Å²) in [5.74, 6) is -1.53. The average molecular weight is 612 g/mol. The highest BCUT2D eigenvalue weighted by atomic mass is 35.5. The monoisotopic (exact) mass is 610 g/mol. The molecule has 0 aliphatic carbocycles. The van der Waals surface area contributed by atoms with E-state index >= 15 is 0 Å². The van der Waals surface area contributed by atoms with Gasteiger partial charge in [-0.05, 0) is 68.7 Å². The predicted molar refractivity (Wildman–Crippen MR) is 153 cm³/mol. The van der Waals surface area contributed by atoms with Gasteiger partial charge in [-0.15, -0.1) is 0 Å². The normalized spacial score (nSPS) is 16.1. The highest BCUT2D eigenvalue weighted by Crippen LogP contribution is 2.32. The second-order valence-corrected chi connectivity index (χ2v) is 12.3. The number of amides is 4. The lowest BCUT2D eigenvalue weighted by Crippen LogP contribution is -2.50. The van der Waals surface area contributed by atoms with Crippen LogP contribution in [0.2, 0.25) is 10.0 Å². The fourth-order valence-electron chi connectivity index (χ4n) is 3.51. The molecule has 216 valence electrons. The van der Waals surface area contributed by atoms with Gasteiger partial charge in [0.25, 0.3) is 5.91 Å². The molecule has 1 unspecified atom stereocenters. The maximum Gasteiger partial charge on any atom is 0.408 e. The quantitative estimate of drug-likeness (QED) is 0.278. The molecular weight excluding hydrogens is 579 g/mol. The Labute approximate surface area is 247 Å². The molecule has 1 aliphatic heterocycles. The number of carbonyl (C=O) groups excluding carboxylic acids is 4. The zero-order valence-electron chi connectivity index (χ0n) is 22.8. The molecule has 3 rings (SSSR count). The third-order valence-electron chi connectivity index (χ3n) is 5.51. The smallest absolute Gasteiger partial charge is 0.408 e. The number of halogens is 2. The van der Waals surface area contributed by atoms with Gasteiger partial charge in [0, 0.05) is 27.6 Å². The molecule has 1 heterocycles. The van der Waals surface area contributed by atoms with Crippen LogP contribution in [-0.2, 0) is 20.8 Å². The summed E-state index contributed by atoms with van der Waals surface area (Å²) >= 11 is 13.0. The summed E-state index contributed by atoms with van der Waals surface area (Å²) in [5.41, 5.74) is -0.481. The van der Waals surface area contributed by atoms with E-state index in [9.17, 15) is 19.2 Å². The number of carbonyl (C=O) groups is 4. The maximum absolute atomic E-state index is 13.4. The van der Waals surface area contributed by atoms with Crippen LogP contribution >= 0.6 is 35.1 Å². The highest BCUT2D eigenvalue weighted by molar-refractivity contribution is 7.98. The van der Waals surface area contributed by atoms with Crippen molar-refractivity contribution >= 4 is 59.2 Å². The standard InChI is InChI=1S/C27H32Cl2N4O6S/c1-16(2)21(30-25(36)39-27(3,4)5)23(35)38-15-32-24(31-22(34)18-8-12-20(29)13-9-18)40-33(26(32)37)14-17-6-10-19(28)11-7-17/h6-13,16,21,24H,14-15H2,1-5H3,(H,30,36)(H,31,34)/t21-,24?/m0/s1. The summed E-state index contributed by atoms with van der Waals surface area (Å²) in [6.45, 7) is 8.35. The Balaban J connectivity index is 1.74. The third kappa shape index (κ3) is 8.94. The summed E-state index contributed by atoms with van der Waals surface area (Å²) in [7, 11) is 0. The first-order valence-electron chi connectivity index (χ1n) is 12.5. The van der Waals surface area contributed by atoms with Gasteiger partial charge in [-0.2, -0.15) is 0 Å². The van der Waals surface area contributed by atoms with Gasteiger partial charge in [0.15, 0.2) is 12.2 Å². The second-order valence-electron chi connectivity index (χ2n) is 10.3. The molecule has 13 heteroatoms. The number of rotatable bonds is 9. The summed E-state index contributed by atoms with van der Waals surface area (Å²) in [5, 5.41) is 6.36. The topological polar surface area (TPSA) is 117 Å². The molecule has 1 saturated heterocycles. The lowest BCUT2D eigenvalue weighted by Gasteiger charge is -2.26. The van der Waals surface area contributed by atoms with Crippen LogP contribution in [0, 0.1) is 5.92 Å². The van der Waals surface area contributed by atoms with Crippen molar-refractivity contribution in [2.75, 3.05) is 6.73 Å². The molecule has 0 bridgehead atoms. The van der Waals surface area contributed by atoms with Gasteiger partial charge in [0.05, 0.1) is 6.54 Å². The predicted octanol–water partition coefficient (Wildman–Crippen LogP) is 5.64. The van der Waals surface area contributed by atoms with Crippen LogP contribution in [0.5, 0.6) is 0 Å². The first kappa shape index (κ1) is 31.4. The van der Waals surface area contributed by atoms with Crippen molar-refractivity contribution in [2.24, 2.45) is 5.92 Å². The summed E-state index contributed by atoms with van der Waals surface area (Å²) in [6, 6.07) is 11.8. The molecule has 10 nitrogen and oxygen atoms in total. The zero-order chi connectivity index (χ0) is 29.6. The number of benzene rings is 2. The second kappa shape index (κ2) is 13.5. The van der Waals surface area contributed by atoms with E-state index in [0.29, 0.717) is 15.6 Å². The SMILES string of the molecule is CC(C)[C@H](NC(=O)OC(C)(C)C)C(=O)OCN1C(=O)N(Cc2ccc(Cl)cc2)SC1NC(=O)c1ccc(Cl)cc1. The minimum absolute atomic E-state index is 0.216. The van der Waals surface area contributed by atoms with Crippen molar-refractivity contribution in [1.82, 2.24) is 19.8 Å². The van der Waals surface area contributed by atoms with Gasteiger partial charge >= 0.3 is 18.1 Å². The van der Waals surface area contributed by atoms with Crippen LogP contribution in [0.1, 0.15) is 50.5 Å². The number of hydrogen-bond acceptors (Lipinski definition) is 7. The van der Waals surface area contributed by atoms with E-state index in [4.69, 9.17) is 32.7 Å². The molecule has 0 aromatic heterocycles. The molecule has 2 aromatic carbocycles. The average Bonchev–Trinajstić information content (AvgIpc) is 3.15. The largest absolute Gasteiger partial charge is 0.444 e. The van der Waals surface area contributed by atoms with Gasteiger partial charge in [-0.3, -0.25) is 14.0 Å². The number of alkyl carbamates (subject to hydrolysis) is 1. The molecule has 0 spiro atoms. The van der Waals surface area contributed by atoms with Crippen molar-refractivity contribution in [3.05, 3.63) is 69.7 Å². The number of esters is 1. The van der Waals surface area contributed by atoms with Crippen LogP contribution < -0.4 is 10.6 Å². The van der Waals surface area contributed by atoms with Crippen molar-refractivity contribution in [3.63, 3.8) is 0 Å². The first-order chi connectivity index (χ1) is 18.7. The first-order valence-corrected chi connectivity index (χ1v) is 14.0. The Morgan fingerprint density at radius 3 is 2.12 bits per heavy atom. The van der Waals surface area contributed by atoms with Crippen LogP contribution in [0.25, 0.3) is 0 Å². The minimum Gasteiger partial charge on any atom is -0.444 e. The molecule has 4 amide bonds. The Kier molecular flexibility index (Phi) is 10.6. The minimum atomic E-state index is -1.02. The number of ether oxygens (including phenoxy) is 2. The van der Waals surface area contributed by atoms with Gasteiger partial charge in [-0.1, -0.05) is 49.2 Å². The van der Waals surface area contributed by atoms with Gasteiger partial charge < -0.3 is 20.1 Å². The van der Waals surface area contributed by atoms with Crippen molar-refractivity contribution in [1.29, 1.82) is 0 Å². The van der Waals surface area contributed by atoms with Crippen LogP contribution in [-0.4, -0.2) is 57.1 Å². The number of urea groups is 1. The highest BCUT2D eigenvalue weighted by Gasteiger charge is 2.41. The fraction of sp³-hybridized carbons (Fsp3) is 0.407. The van der Waals surface area contributed by atoms with E-state index < -0.39 is 47.9 Å². The lowest BCUT2D eigenvalue weighted by atomic mass is 10.1. The lowest BCUT2D eigenvalue weighted by molar-refractivity contribution is -0.151. The Morgan fingerprint density at radius 2 is 1.57 bits per heavy atom. The molecule has 2 atom stereocenters. The van der Waals surface area contributed by atoms with E-state index in [1.54, 1.807) is 83.1 Å². The molecular formula is C27H32Cl2N4O6S. The van der Waals surface area contributed by atoms with E-state index in [2.05, 4.69) is 10.6 Å². The third-order valence-corrected chi connectivity index (χ3v) is 7.12. The molecule has 1 fully saturated rings. The molecule has 0 saturated carbocycles. The van der Waals surface area contributed by atoms with E-state index in [1.165, 1.54) is 9.21 Å². The zero-order valence-corrected chi connectivity index (χ0v) is 25.1. The van der Waals surface area contributed by atoms with E-state index in [1.807, 2.05) is 0 Å². The molecule has 2 aromatic rings. The molecule has 40 heavy (non-hydrogen) atoms.